The molecule has 1 aromatic rings. The molecule has 0 saturated carbocycles. The fraction of sp³-hybridized carbons (Fsp3) is 0.444. The Kier molecular flexibility index (Phi) is 4.56. The lowest BCUT2D eigenvalue weighted by Gasteiger charge is -2.01. The summed E-state index contributed by atoms with van der Waals surface area (Å²) in [6, 6.07) is 3.75. The maximum absolute atomic E-state index is 10.9. The number of hydrogen-bond acceptors (Lipinski definition) is 5. The van der Waals surface area contributed by atoms with Gasteiger partial charge in [0.05, 0.1) is 11.4 Å². The minimum absolute atomic E-state index is 0.191. The lowest BCUT2D eigenvalue weighted by molar-refractivity contribution is 0.603. The van der Waals surface area contributed by atoms with Gasteiger partial charge in [-0.2, -0.15) is 0 Å². The molecule has 0 amide bonds. The highest BCUT2D eigenvalue weighted by molar-refractivity contribution is 8.00. The third kappa shape index (κ3) is 5.15. The van der Waals surface area contributed by atoms with Gasteiger partial charge >= 0.3 is 0 Å². The maximum Gasteiger partial charge on any atom is 0.148 e. The van der Waals surface area contributed by atoms with Gasteiger partial charge in [0.15, 0.2) is 0 Å². The van der Waals surface area contributed by atoms with Crippen LogP contribution in [0.25, 0.3) is 0 Å². The fourth-order valence-electron chi connectivity index (χ4n) is 0.928. The molecule has 0 bridgehead atoms. The summed E-state index contributed by atoms with van der Waals surface area (Å²) in [4.78, 5) is 5.09. The lowest BCUT2D eigenvalue weighted by Crippen LogP contribution is -2.05. The normalized spacial score (nSPS) is 11.6. The third-order valence-corrected chi connectivity index (χ3v) is 3.92. The average Bonchev–Trinajstić information content (AvgIpc) is 2.17. The van der Waals surface area contributed by atoms with Crippen molar-refractivity contribution >= 4 is 21.6 Å². The number of pyridine rings is 1. The fourth-order valence-corrected chi connectivity index (χ4v) is 3.00. The molecule has 0 unspecified atom stereocenters. The molecular weight excluding hydrogens is 232 g/mol. The van der Waals surface area contributed by atoms with Gasteiger partial charge in [-0.3, -0.25) is 4.98 Å². The molecule has 1 heterocycles. The lowest BCUT2D eigenvalue weighted by atomic mass is 10.4. The van der Waals surface area contributed by atoms with E-state index in [1.807, 2.05) is 12.1 Å². The van der Waals surface area contributed by atoms with Crippen LogP contribution in [-0.4, -0.2) is 31.2 Å². The molecular formula is C9H14N2O2S2. The van der Waals surface area contributed by atoms with Gasteiger partial charge in [-0.05, 0) is 12.1 Å². The molecule has 4 nitrogen and oxygen atoms in total. The molecule has 0 spiro atoms. The average molecular weight is 246 g/mol. The van der Waals surface area contributed by atoms with Gasteiger partial charge in [-0.15, -0.1) is 11.8 Å². The molecule has 15 heavy (non-hydrogen) atoms. The van der Waals surface area contributed by atoms with E-state index >= 15 is 0 Å². The number of rotatable bonds is 5. The van der Waals surface area contributed by atoms with E-state index in [-0.39, 0.29) is 5.75 Å². The molecule has 6 heteroatoms. The molecule has 0 saturated heterocycles. The number of thioether (sulfide) groups is 1. The van der Waals surface area contributed by atoms with Crippen molar-refractivity contribution < 1.29 is 8.42 Å². The first-order valence-corrected chi connectivity index (χ1v) is 7.51. The second-order valence-corrected chi connectivity index (χ2v) is 6.60. The summed E-state index contributed by atoms with van der Waals surface area (Å²) in [5.41, 5.74) is 6.24. The van der Waals surface area contributed by atoms with Gasteiger partial charge in [-0.1, -0.05) is 0 Å². The predicted molar refractivity (Wildman–Crippen MR) is 62.6 cm³/mol. The summed E-state index contributed by atoms with van der Waals surface area (Å²) < 4.78 is 21.8. The van der Waals surface area contributed by atoms with Gasteiger partial charge in [0, 0.05) is 29.6 Å². The van der Waals surface area contributed by atoms with Gasteiger partial charge < -0.3 is 5.73 Å². The Balaban J connectivity index is 2.45. The molecule has 0 aliphatic carbocycles. The maximum atomic E-state index is 10.9. The monoisotopic (exact) mass is 246 g/mol. The van der Waals surface area contributed by atoms with E-state index in [1.54, 1.807) is 6.20 Å². The molecule has 0 atom stereocenters. The van der Waals surface area contributed by atoms with E-state index in [9.17, 15) is 8.42 Å². The van der Waals surface area contributed by atoms with Crippen LogP contribution in [0.15, 0.2) is 23.2 Å². The molecule has 0 fully saturated rings. The zero-order valence-corrected chi connectivity index (χ0v) is 10.1. The Bertz CT molecular complexity index is 401. The molecule has 84 valence electrons. The first-order chi connectivity index (χ1) is 7.01. The van der Waals surface area contributed by atoms with E-state index in [2.05, 4.69) is 4.98 Å². The molecule has 0 aromatic carbocycles. The molecule has 0 aliphatic rings. The Hall–Kier alpha value is -0.590. The van der Waals surface area contributed by atoms with Crippen LogP contribution in [0.1, 0.15) is 5.69 Å². The predicted octanol–water partition coefficient (Wildman–Crippen LogP) is 0.677. The zero-order valence-electron chi connectivity index (χ0n) is 8.51. The van der Waals surface area contributed by atoms with Crippen molar-refractivity contribution in [2.75, 3.05) is 17.8 Å². The molecule has 0 radical (unpaired) electrons. The summed E-state index contributed by atoms with van der Waals surface area (Å²) in [5, 5.41) is 0. The summed E-state index contributed by atoms with van der Waals surface area (Å²) in [7, 11) is -2.87. The highest BCUT2D eigenvalue weighted by Crippen LogP contribution is 2.16. The highest BCUT2D eigenvalue weighted by atomic mass is 32.2. The van der Waals surface area contributed by atoms with Crippen LogP contribution < -0.4 is 5.73 Å². The van der Waals surface area contributed by atoms with Crippen LogP contribution in [0.2, 0.25) is 0 Å². The largest absolute Gasteiger partial charge is 0.325 e. The number of nitrogens with two attached hydrogens (primary N) is 1. The first kappa shape index (κ1) is 12.5. The van der Waals surface area contributed by atoms with Crippen LogP contribution in [0, 0.1) is 0 Å². The van der Waals surface area contributed by atoms with Crippen molar-refractivity contribution in [2.45, 2.75) is 11.4 Å². The van der Waals surface area contributed by atoms with Crippen molar-refractivity contribution in [3.05, 3.63) is 24.0 Å². The molecule has 1 rings (SSSR count). The minimum Gasteiger partial charge on any atom is -0.325 e. The third-order valence-electron chi connectivity index (χ3n) is 1.73. The van der Waals surface area contributed by atoms with Crippen LogP contribution in [-0.2, 0) is 16.4 Å². The minimum atomic E-state index is -2.87. The number of hydrogen-bond donors (Lipinski definition) is 1. The van der Waals surface area contributed by atoms with Gasteiger partial charge in [0.25, 0.3) is 0 Å². The van der Waals surface area contributed by atoms with Gasteiger partial charge in [0.2, 0.25) is 0 Å². The standard InChI is InChI=1S/C9H14N2O2S2/c1-15(12,13)5-4-14-9-3-2-8(6-10)11-7-9/h2-3,7H,4-6,10H2,1H3. The second kappa shape index (κ2) is 5.48. The van der Waals surface area contributed by atoms with Crippen molar-refractivity contribution in [1.82, 2.24) is 4.98 Å². The summed E-state index contributed by atoms with van der Waals surface area (Å²) >= 11 is 1.48. The van der Waals surface area contributed by atoms with E-state index in [0.717, 1.165) is 10.6 Å². The number of sulfone groups is 1. The zero-order chi connectivity index (χ0) is 11.3. The van der Waals surface area contributed by atoms with Crippen molar-refractivity contribution in [2.24, 2.45) is 5.73 Å². The van der Waals surface area contributed by atoms with E-state index < -0.39 is 9.84 Å². The number of nitrogens with zero attached hydrogens (tertiary/aromatic N) is 1. The summed E-state index contributed by atoms with van der Waals surface area (Å²) in [5.74, 6) is 0.749. The Morgan fingerprint density at radius 3 is 2.67 bits per heavy atom. The Morgan fingerprint density at radius 2 is 2.20 bits per heavy atom. The topological polar surface area (TPSA) is 73.0 Å². The van der Waals surface area contributed by atoms with E-state index in [0.29, 0.717) is 12.3 Å². The van der Waals surface area contributed by atoms with E-state index in [4.69, 9.17) is 5.73 Å². The SMILES string of the molecule is CS(=O)(=O)CCSc1ccc(CN)nc1. The van der Waals surface area contributed by atoms with Crippen LogP contribution in [0.4, 0.5) is 0 Å². The van der Waals surface area contributed by atoms with Crippen molar-refractivity contribution in [3.63, 3.8) is 0 Å². The van der Waals surface area contributed by atoms with Crippen LogP contribution >= 0.6 is 11.8 Å². The molecule has 0 aliphatic heterocycles. The number of aromatic nitrogens is 1. The highest BCUT2D eigenvalue weighted by Gasteiger charge is 2.02. The molecule has 1 aromatic heterocycles. The summed E-state index contributed by atoms with van der Waals surface area (Å²) in [6.45, 7) is 0.425. The van der Waals surface area contributed by atoms with Crippen molar-refractivity contribution in [1.29, 1.82) is 0 Å². The van der Waals surface area contributed by atoms with Crippen LogP contribution in [0.3, 0.4) is 0 Å². The van der Waals surface area contributed by atoms with E-state index in [1.165, 1.54) is 18.0 Å². The Morgan fingerprint density at radius 1 is 1.47 bits per heavy atom. The van der Waals surface area contributed by atoms with Gasteiger partial charge in [-0.25, -0.2) is 8.42 Å². The summed E-state index contributed by atoms with van der Waals surface area (Å²) in [6.07, 6.45) is 2.96. The molecule has 2 N–H and O–H groups in total. The van der Waals surface area contributed by atoms with Crippen LogP contribution in [0.5, 0.6) is 0 Å². The first-order valence-electron chi connectivity index (χ1n) is 4.47. The van der Waals surface area contributed by atoms with Crippen molar-refractivity contribution in [3.8, 4) is 0 Å². The quantitative estimate of drug-likeness (QED) is 0.773. The smallest absolute Gasteiger partial charge is 0.148 e. The second-order valence-electron chi connectivity index (χ2n) is 3.17. The van der Waals surface area contributed by atoms with Gasteiger partial charge in [0.1, 0.15) is 9.84 Å². The Labute approximate surface area is 94.2 Å².